The summed E-state index contributed by atoms with van der Waals surface area (Å²) in [6.07, 6.45) is 1.09. The normalized spacial score (nSPS) is 13.4. The van der Waals surface area contributed by atoms with Crippen molar-refractivity contribution in [3.8, 4) is 0 Å². The highest BCUT2D eigenvalue weighted by Gasteiger charge is 2.23. The van der Waals surface area contributed by atoms with E-state index in [9.17, 15) is 4.79 Å². The zero-order valence-electron chi connectivity index (χ0n) is 12.0. The van der Waals surface area contributed by atoms with Crippen LogP contribution < -0.4 is 5.73 Å². The minimum absolute atomic E-state index is 0.0876. The highest BCUT2D eigenvalue weighted by Crippen LogP contribution is 2.19. The van der Waals surface area contributed by atoms with Gasteiger partial charge in [-0.15, -0.1) is 0 Å². The van der Waals surface area contributed by atoms with E-state index in [4.69, 9.17) is 19.9 Å². The van der Waals surface area contributed by atoms with E-state index >= 15 is 0 Å². The molecule has 18 heavy (non-hydrogen) atoms. The smallest absolute Gasteiger partial charge is 0.307 e. The highest BCUT2D eigenvalue weighted by molar-refractivity contribution is 5.70. The van der Waals surface area contributed by atoms with Crippen LogP contribution in [0.1, 0.15) is 33.6 Å². The van der Waals surface area contributed by atoms with E-state index in [1.165, 1.54) is 0 Å². The van der Waals surface area contributed by atoms with Crippen LogP contribution in [0.5, 0.6) is 0 Å². The topological polar surface area (TPSA) is 70.8 Å². The average Bonchev–Trinajstić information content (AvgIpc) is 2.26. The Morgan fingerprint density at radius 1 is 1.17 bits per heavy atom. The number of hydrogen-bond donors (Lipinski definition) is 1. The third-order valence-electron chi connectivity index (χ3n) is 2.63. The quantitative estimate of drug-likeness (QED) is 0.501. The van der Waals surface area contributed by atoms with Crippen molar-refractivity contribution in [3.05, 3.63) is 0 Å². The van der Waals surface area contributed by atoms with Crippen molar-refractivity contribution >= 4 is 5.97 Å². The van der Waals surface area contributed by atoms with Crippen molar-refractivity contribution in [1.29, 1.82) is 0 Å². The Labute approximate surface area is 110 Å². The van der Waals surface area contributed by atoms with E-state index in [2.05, 4.69) is 0 Å². The Morgan fingerprint density at radius 2 is 1.83 bits per heavy atom. The van der Waals surface area contributed by atoms with Gasteiger partial charge in [0.1, 0.15) is 6.61 Å². The van der Waals surface area contributed by atoms with Gasteiger partial charge in [0, 0.05) is 26.4 Å². The van der Waals surface area contributed by atoms with Crippen LogP contribution in [0.2, 0.25) is 0 Å². The molecule has 0 bridgehead atoms. The van der Waals surface area contributed by atoms with Crippen LogP contribution in [0, 0.1) is 5.41 Å². The first kappa shape index (κ1) is 17.4. The standard InChI is InChI=1S/C13H27NO4/c1-13(2,3)11(14)10-12(15)18-9-8-17-7-5-6-16-4/h11H,5-10,14H2,1-4H3. The second-order valence-corrected chi connectivity index (χ2v) is 5.36. The molecule has 5 nitrogen and oxygen atoms in total. The van der Waals surface area contributed by atoms with Crippen molar-refractivity contribution in [1.82, 2.24) is 0 Å². The van der Waals surface area contributed by atoms with Gasteiger partial charge in [0.15, 0.2) is 0 Å². The molecule has 0 aromatic carbocycles. The summed E-state index contributed by atoms with van der Waals surface area (Å²) < 4.78 is 15.2. The van der Waals surface area contributed by atoms with E-state index in [0.29, 0.717) is 19.8 Å². The Morgan fingerprint density at radius 3 is 2.39 bits per heavy atom. The van der Waals surface area contributed by atoms with Gasteiger partial charge in [-0.2, -0.15) is 0 Å². The second-order valence-electron chi connectivity index (χ2n) is 5.36. The summed E-state index contributed by atoms with van der Waals surface area (Å²) in [6, 6.07) is -0.187. The molecule has 1 atom stereocenters. The van der Waals surface area contributed by atoms with Gasteiger partial charge >= 0.3 is 5.97 Å². The van der Waals surface area contributed by atoms with Gasteiger partial charge in [-0.1, -0.05) is 20.8 Å². The molecule has 0 aromatic rings. The van der Waals surface area contributed by atoms with Crippen LogP contribution in [0.25, 0.3) is 0 Å². The van der Waals surface area contributed by atoms with Gasteiger partial charge in [-0.25, -0.2) is 0 Å². The van der Waals surface area contributed by atoms with E-state index in [1.54, 1.807) is 7.11 Å². The minimum atomic E-state index is -0.266. The van der Waals surface area contributed by atoms with Crippen LogP contribution in [-0.2, 0) is 19.0 Å². The highest BCUT2D eigenvalue weighted by atomic mass is 16.6. The van der Waals surface area contributed by atoms with Gasteiger partial charge in [-0.3, -0.25) is 4.79 Å². The van der Waals surface area contributed by atoms with E-state index in [-0.39, 0.29) is 30.5 Å². The molecule has 0 radical (unpaired) electrons. The van der Waals surface area contributed by atoms with Crippen LogP contribution >= 0.6 is 0 Å². The van der Waals surface area contributed by atoms with Gasteiger partial charge in [0.05, 0.1) is 13.0 Å². The SMILES string of the molecule is COCCCOCCOC(=O)CC(N)C(C)(C)C. The molecular weight excluding hydrogens is 234 g/mol. The molecule has 0 amide bonds. The Bertz CT molecular complexity index is 226. The molecule has 0 aliphatic heterocycles. The average molecular weight is 261 g/mol. The maximum atomic E-state index is 11.5. The zero-order chi connectivity index (χ0) is 14.0. The summed E-state index contributed by atoms with van der Waals surface area (Å²) in [6.45, 7) is 8.01. The molecule has 0 aliphatic rings. The third-order valence-corrected chi connectivity index (χ3v) is 2.63. The number of methoxy groups -OCH3 is 1. The minimum Gasteiger partial charge on any atom is -0.463 e. The fourth-order valence-corrected chi connectivity index (χ4v) is 1.17. The van der Waals surface area contributed by atoms with Crippen LogP contribution in [0.15, 0.2) is 0 Å². The number of rotatable bonds is 9. The number of esters is 1. The Kier molecular flexibility index (Phi) is 8.97. The third kappa shape index (κ3) is 9.39. The number of nitrogens with two attached hydrogens (primary N) is 1. The first-order chi connectivity index (χ1) is 8.38. The Hall–Kier alpha value is -0.650. The zero-order valence-corrected chi connectivity index (χ0v) is 12.0. The lowest BCUT2D eigenvalue weighted by Gasteiger charge is -2.26. The number of carbonyl (C=O) groups is 1. The molecule has 5 heteroatoms. The molecule has 0 aliphatic carbocycles. The fourth-order valence-electron chi connectivity index (χ4n) is 1.17. The molecule has 108 valence electrons. The molecule has 0 aromatic heterocycles. The molecule has 2 N–H and O–H groups in total. The monoisotopic (exact) mass is 261 g/mol. The van der Waals surface area contributed by atoms with Crippen molar-refractivity contribution in [3.63, 3.8) is 0 Å². The van der Waals surface area contributed by atoms with Gasteiger partial charge < -0.3 is 19.9 Å². The van der Waals surface area contributed by atoms with Crippen molar-refractivity contribution in [2.24, 2.45) is 11.1 Å². The summed E-state index contributed by atoms with van der Waals surface area (Å²) >= 11 is 0. The predicted molar refractivity (Wildman–Crippen MR) is 70.3 cm³/mol. The molecule has 0 rings (SSSR count). The first-order valence-electron chi connectivity index (χ1n) is 6.36. The number of hydrogen-bond acceptors (Lipinski definition) is 5. The largest absolute Gasteiger partial charge is 0.463 e. The second kappa shape index (κ2) is 9.30. The van der Waals surface area contributed by atoms with Gasteiger partial charge in [0.2, 0.25) is 0 Å². The number of ether oxygens (including phenoxy) is 3. The first-order valence-corrected chi connectivity index (χ1v) is 6.36. The van der Waals surface area contributed by atoms with Gasteiger partial charge in [-0.05, 0) is 11.8 Å². The maximum Gasteiger partial charge on any atom is 0.307 e. The lowest BCUT2D eigenvalue weighted by atomic mass is 9.85. The van der Waals surface area contributed by atoms with Crippen molar-refractivity contribution in [2.45, 2.75) is 39.7 Å². The van der Waals surface area contributed by atoms with Gasteiger partial charge in [0.25, 0.3) is 0 Å². The van der Waals surface area contributed by atoms with E-state index in [1.807, 2.05) is 20.8 Å². The maximum absolute atomic E-state index is 11.5. The summed E-state index contributed by atoms with van der Waals surface area (Å²) in [5, 5.41) is 0. The molecule has 1 unspecified atom stereocenters. The van der Waals surface area contributed by atoms with E-state index in [0.717, 1.165) is 6.42 Å². The van der Waals surface area contributed by atoms with Crippen LogP contribution in [0.4, 0.5) is 0 Å². The summed E-state index contributed by atoms with van der Waals surface area (Å²) in [7, 11) is 1.65. The summed E-state index contributed by atoms with van der Waals surface area (Å²) in [4.78, 5) is 11.5. The van der Waals surface area contributed by atoms with Crippen LogP contribution in [-0.4, -0.2) is 45.5 Å². The fraction of sp³-hybridized carbons (Fsp3) is 0.923. The molecule has 0 fully saturated rings. The Balaban J connectivity index is 3.48. The van der Waals surface area contributed by atoms with Crippen molar-refractivity contribution in [2.75, 3.05) is 33.5 Å². The molecule has 0 spiro atoms. The predicted octanol–water partition coefficient (Wildman–Crippen LogP) is 1.35. The van der Waals surface area contributed by atoms with Crippen molar-refractivity contribution < 1.29 is 19.0 Å². The summed E-state index contributed by atoms with van der Waals surface area (Å²) in [5.41, 5.74) is 5.80. The summed E-state index contributed by atoms with van der Waals surface area (Å²) in [5.74, 6) is -0.266. The molecule has 0 heterocycles. The lowest BCUT2D eigenvalue weighted by molar-refractivity contribution is -0.146. The molecule has 0 saturated heterocycles. The van der Waals surface area contributed by atoms with Crippen LogP contribution in [0.3, 0.4) is 0 Å². The van der Waals surface area contributed by atoms with E-state index < -0.39 is 0 Å². The molecular formula is C13H27NO4. The molecule has 0 saturated carbocycles. The lowest BCUT2D eigenvalue weighted by Crippen LogP contribution is -2.37. The number of carbonyl (C=O) groups excluding carboxylic acids is 1.